The van der Waals surface area contributed by atoms with Crippen molar-refractivity contribution in [2.45, 2.75) is 33.2 Å². The molecule has 1 atom stereocenters. The van der Waals surface area contributed by atoms with E-state index in [2.05, 4.69) is 44.3 Å². The van der Waals surface area contributed by atoms with Crippen molar-refractivity contribution in [3.63, 3.8) is 0 Å². The number of hydrogen-bond acceptors (Lipinski definition) is 3. The Morgan fingerprint density at radius 3 is 2.67 bits per heavy atom. The Morgan fingerprint density at radius 1 is 1.28 bits per heavy atom. The number of nitrogens with one attached hydrogen (secondary N) is 1. The van der Waals surface area contributed by atoms with Gasteiger partial charge in [-0.2, -0.15) is 0 Å². The molecular weight excluding hydrogens is 226 g/mol. The molecule has 0 aliphatic carbocycles. The quantitative estimate of drug-likeness (QED) is 0.720. The normalized spacial score (nSPS) is 12.4. The number of benzene rings is 1. The second-order valence-electron chi connectivity index (χ2n) is 4.43. The second-order valence-corrected chi connectivity index (χ2v) is 4.43. The highest BCUT2D eigenvalue weighted by molar-refractivity contribution is 5.39. The van der Waals surface area contributed by atoms with Gasteiger partial charge in [-0.3, -0.25) is 0 Å². The molecule has 1 aromatic rings. The summed E-state index contributed by atoms with van der Waals surface area (Å²) < 4.78 is 11.1. The van der Waals surface area contributed by atoms with Crippen LogP contribution in [0.15, 0.2) is 18.2 Å². The predicted octanol–water partition coefficient (Wildman–Crippen LogP) is 3.08. The molecule has 1 rings (SSSR count). The van der Waals surface area contributed by atoms with E-state index in [1.807, 2.05) is 0 Å². The zero-order chi connectivity index (χ0) is 13.4. The van der Waals surface area contributed by atoms with Crippen LogP contribution in [0.5, 0.6) is 5.75 Å². The van der Waals surface area contributed by atoms with Crippen LogP contribution >= 0.6 is 0 Å². The molecule has 0 radical (unpaired) electrons. The van der Waals surface area contributed by atoms with E-state index < -0.39 is 0 Å². The highest BCUT2D eigenvalue weighted by Crippen LogP contribution is 2.26. The third-order valence-electron chi connectivity index (χ3n) is 2.85. The smallest absolute Gasteiger partial charge is 0.123 e. The molecule has 0 amide bonds. The zero-order valence-corrected chi connectivity index (χ0v) is 12.0. The molecule has 102 valence electrons. The number of ether oxygens (including phenoxy) is 2. The van der Waals surface area contributed by atoms with Gasteiger partial charge < -0.3 is 14.8 Å². The van der Waals surface area contributed by atoms with Crippen LogP contribution < -0.4 is 10.1 Å². The van der Waals surface area contributed by atoms with E-state index >= 15 is 0 Å². The minimum absolute atomic E-state index is 0.192. The molecule has 18 heavy (non-hydrogen) atoms. The van der Waals surface area contributed by atoms with Crippen LogP contribution in [0.3, 0.4) is 0 Å². The lowest BCUT2D eigenvalue weighted by atomic mass is 10.0. The van der Waals surface area contributed by atoms with Crippen molar-refractivity contribution >= 4 is 0 Å². The first kappa shape index (κ1) is 15.0. The van der Waals surface area contributed by atoms with Gasteiger partial charge in [-0.25, -0.2) is 0 Å². The molecule has 0 saturated heterocycles. The number of methoxy groups -OCH3 is 1. The molecule has 0 bridgehead atoms. The summed E-state index contributed by atoms with van der Waals surface area (Å²) in [5.74, 6) is 0.932. The maximum atomic E-state index is 5.66. The van der Waals surface area contributed by atoms with E-state index in [0.29, 0.717) is 6.61 Å². The number of likely N-dealkylation sites (N-methyl/N-ethyl adjacent to an activating group) is 1. The molecule has 3 nitrogen and oxygen atoms in total. The average molecular weight is 251 g/mol. The third kappa shape index (κ3) is 4.31. The Hall–Kier alpha value is -1.06. The van der Waals surface area contributed by atoms with Gasteiger partial charge in [0.05, 0.1) is 19.8 Å². The van der Waals surface area contributed by atoms with Crippen molar-refractivity contribution in [1.82, 2.24) is 5.32 Å². The first-order valence-electron chi connectivity index (χ1n) is 6.68. The summed E-state index contributed by atoms with van der Waals surface area (Å²) in [5, 5.41) is 3.45. The highest BCUT2D eigenvalue weighted by Gasteiger charge is 2.15. The number of rotatable bonds is 8. The van der Waals surface area contributed by atoms with Crippen molar-refractivity contribution in [3.8, 4) is 5.75 Å². The minimum atomic E-state index is 0.192. The van der Waals surface area contributed by atoms with Crippen LogP contribution in [0, 0.1) is 6.92 Å². The largest absolute Gasteiger partial charge is 0.496 e. The average Bonchev–Trinajstić information content (AvgIpc) is 2.38. The van der Waals surface area contributed by atoms with Crippen molar-refractivity contribution < 1.29 is 9.47 Å². The van der Waals surface area contributed by atoms with Crippen molar-refractivity contribution in [3.05, 3.63) is 29.3 Å². The summed E-state index contributed by atoms with van der Waals surface area (Å²) in [7, 11) is 1.72. The van der Waals surface area contributed by atoms with Crippen LogP contribution in [0.1, 0.15) is 37.4 Å². The summed E-state index contributed by atoms with van der Waals surface area (Å²) in [5.41, 5.74) is 2.38. The lowest BCUT2D eigenvalue weighted by Crippen LogP contribution is -2.26. The van der Waals surface area contributed by atoms with Crippen LogP contribution in [0.4, 0.5) is 0 Å². The van der Waals surface area contributed by atoms with Gasteiger partial charge in [-0.05, 0) is 31.5 Å². The van der Waals surface area contributed by atoms with Gasteiger partial charge in [-0.15, -0.1) is 0 Å². The Morgan fingerprint density at radius 2 is 2.06 bits per heavy atom. The van der Waals surface area contributed by atoms with Crippen LogP contribution in [-0.2, 0) is 4.74 Å². The van der Waals surface area contributed by atoms with Gasteiger partial charge in [0.1, 0.15) is 5.75 Å². The molecule has 0 aromatic heterocycles. The van der Waals surface area contributed by atoms with Gasteiger partial charge in [-0.1, -0.05) is 26.0 Å². The molecule has 0 spiro atoms. The molecule has 0 aliphatic heterocycles. The maximum absolute atomic E-state index is 5.66. The minimum Gasteiger partial charge on any atom is -0.496 e. The Labute approximate surface area is 110 Å². The van der Waals surface area contributed by atoms with E-state index in [9.17, 15) is 0 Å². The second kappa shape index (κ2) is 8.11. The topological polar surface area (TPSA) is 30.5 Å². The van der Waals surface area contributed by atoms with E-state index in [4.69, 9.17) is 9.47 Å². The molecule has 0 saturated carbocycles. The molecule has 0 aliphatic rings. The fourth-order valence-electron chi connectivity index (χ4n) is 1.96. The third-order valence-corrected chi connectivity index (χ3v) is 2.85. The molecular formula is C15H25NO2. The molecule has 1 unspecified atom stereocenters. The van der Waals surface area contributed by atoms with Crippen molar-refractivity contribution in [2.24, 2.45) is 0 Å². The Bertz CT molecular complexity index is 352. The first-order chi connectivity index (χ1) is 8.72. The van der Waals surface area contributed by atoms with E-state index in [1.165, 1.54) is 11.1 Å². The van der Waals surface area contributed by atoms with Crippen molar-refractivity contribution in [2.75, 3.05) is 26.9 Å². The fraction of sp³-hybridized carbons (Fsp3) is 0.600. The predicted molar refractivity (Wildman–Crippen MR) is 75.3 cm³/mol. The lowest BCUT2D eigenvalue weighted by molar-refractivity contribution is 0.111. The monoisotopic (exact) mass is 251 g/mol. The van der Waals surface area contributed by atoms with Crippen LogP contribution in [-0.4, -0.2) is 26.9 Å². The van der Waals surface area contributed by atoms with Gasteiger partial charge in [0.2, 0.25) is 0 Å². The van der Waals surface area contributed by atoms with Gasteiger partial charge >= 0.3 is 0 Å². The molecule has 1 N–H and O–H groups in total. The Kier molecular flexibility index (Phi) is 6.76. The lowest BCUT2D eigenvalue weighted by Gasteiger charge is -2.21. The molecule has 3 heteroatoms. The van der Waals surface area contributed by atoms with Crippen molar-refractivity contribution in [1.29, 1.82) is 0 Å². The van der Waals surface area contributed by atoms with E-state index in [0.717, 1.165) is 25.3 Å². The fourth-order valence-corrected chi connectivity index (χ4v) is 1.96. The highest BCUT2D eigenvalue weighted by atomic mass is 16.5. The number of hydrogen-bond donors (Lipinski definition) is 1. The van der Waals surface area contributed by atoms with Crippen LogP contribution in [0.2, 0.25) is 0 Å². The summed E-state index contributed by atoms with van der Waals surface area (Å²) in [6.45, 7) is 8.69. The van der Waals surface area contributed by atoms with Crippen LogP contribution in [0.25, 0.3) is 0 Å². The van der Waals surface area contributed by atoms with E-state index in [1.54, 1.807) is 7.11 Å². The van der Waals surface area contributed by atoms with E-state index in [-0.39, 0.29) is 6.04 Å². The van der Waals surface area contributed by atoms with Gasteiger partial charge in [0.25, 0.3) is 0 Å². The Balaban J connectivity index is 2.83. The van der Waals surface area contributed by atoms with Gasteiger partial charge in [0, 0.05) is 12.2 Å². The molecule has 0 fully saturated rings. The molecule has 1 aromatic carbocycles. The summed E-state index contributed by atoms with van der Waals surface area (Å²) in [6.07, 6.45) is 1.05. The first-order valence-corrected chi connectivity index (χ1v) is 6.68. The summed E-state index contributed by atoms with van der Waals surface area (Å²) in [6, 6.07) is 6.50. The standard InChI is InChI=1S/C15H25NO2/c1-5-9-18-11-14(16-6-2)13-8-7-12(3)10-15(13)17-4/h7-8,10,14,16H,5-6,9,11H2,1-4H3. The number of aryl methyl sites for hydroxylation is 1. The summed E-state index contributed by atoms with van der Waals surface area (Å²) >= 11 is 0. The molecule has 0 heterocycles. The zero-order valence-electron chi connectivity index (χ0n) is 12.0. The SMILES string of the molecule is CCCOCC(NCC)c1ccc(C)cc1OC. The maximum Gasteiger partial charge on any atom is 0.123 e. The summed E-state index contributed by atoms with van der Waals surface area (Å²) in [4.78, 5) is 0. The van der Waals surface area contributed by atoms with Gasteiger partial charge in [0.15, 0.2) is 0 Å².